The molecule has 1 aromatic carbocycles. The number of carbonyl (C=O) groups is 1. The van der Waals surface area contributed by atoms with Gasteiger partial charge >= 0.3 is 0 Å². The molecule has 0 radical (unpaired) electrons. The molecule has 0 atom stereocenters. The summed E-state index contributed by atoms with van der Waals surface area (Å²) in [6, 6.07) is 7.55. The second-order valence-corrected chi connectivity index (χ2v) is 7.19. The number of aromatic nitrogens is 2. The Hall–Kier alpha value is -2.25. The fourth-order valence-corrected chi connectivity index (χ4v) is 3.88. The van der Waals surface area contributed by atoms with Crippen molar-refractivity contribution < 1.29 is 9.32 Å². The molecule has 0 unspecified atom stereocenters. The minimum atomic E-state index is -0.127. The highest BCUT2D eigenvalue weighted by molar-refractivity contribution is 7.13. The number of likely N-dealkylation sites (tertiary alicyclic amines) is 1. The number of thiazole rings is 1. The Morgan fingerprint density at radius 1 is 1.24 bits per heavy atom. The summed E-state index contributed by atoms with van der Waals surface area (Å²) in [5.74, 6) is -0.127. The van der Waals surface area contributed by atoms with E-state index in [2.05, 4.69) is 20.4 Å². The van der Waals surface area contributed by atoms with Gasteiger partial charge in [-0.25, -0.2) is 4.98 Å². The van der Waals surface area contributed by atoms with Gasteiger partial charge in [0.1, 0.15) is 5.69 Å². The molecule has 0 spiro atoms. The molecule has 0 saturated carbocycles. The molecule has 0 bridgehead atoms. The van der Waals surface area contributed by atoms with Gasteiger partial charge in [0.15, 0.2) is 10.7 Å². The van der Waals surface area contributed by atoms with Crippen molar-refractivity contribution in [3.05, 3.63) is 41.0 Å². The Labute approximate surface area is 149 Å². The van der Waals surface area contributed by atoms with Gasteiger partial charge in [0.25, 0.3) is 0 Å². The van der Waals surface area contributed by atoms with E-state index in [9.17, 15) is 4.79 Å². The predicted molar refractivity (Wildman–Crippen MR) is 97.6 cm³/mol. The molecule has 1 amide bonds. The number of amides is 1. The second kappa shape index (κ2) is 7.33. The molecular weight excluding hydrogens is 336 g/mol. The third kappa shape index (κ3) is 3.88. The highest BCUT2D eigenvalue weighted by Crippen LogP contribution is 2.21. The van der Waals surface area contributed by atoms with Gasteiger partial charge in [0, 0.05) is 17.3 Å². The summed E-state index contributed by atoms with van der Waals surface area (Å²) in [6.07, 6.45) is 4.03. The van der Waals surface area contributed by atoms with Gasteiger partial charge in [-0.05, 0) is 38.1 Å². The first-order chi connectivity index (χ1) is 12.3. The van der Waals surface area contributed by atoms with Gasteiger partial charge in [-0.1, -0.05) is 23.7 Å². The molecule has 7 heteroatoms. The van der Waals surface area contributed by atoms with Crippen LogP contribution in [0.5, 0.6) is 0 Å². The quantitative estimate of drug-likeness (QED) is 0.758. The smallest absolute Gasteiger partial charge is 0.232 e. The molecule has 6 nitrogen and oxygen atoms in total. The van der Waals surface area contributed by atoms with Crippen molar-refractivity contribution in [3.8, 4) is 0 Å². The summed E-state index contributed by atoms with van der Waals surface area (Å²) in [4.78, 5) is 19.2. The molecule has 1 saturated heterocycles. The highest BCUT2D eigenvalue weighted by Gasteiger charge is 2.15. The monoisotopic (exact) mass is 356 g/mol. The molecule has 1 aliphatic heterocycles. The Morgan fingerprint density at radius 2 is 2.08 bits per heavy atom. The number of hydrogen-bond donors (Lipinski definition) is 1. The minimum Gasteiger partial charge on any atom is -0.356 e. The Kier molecular flexibility index (Phi) is 4.76. The molecule has 25 heavy (non-hydrogen) atoms. The van der Waals surface area contributed by atoms with Crippen LogP contribution in [0.1, 0.15) is 30.7 Å². The van der Waals surface area contributed by atoms with Crippen LogP contribution in [0, 0.1) is 0 Å². The Morgan fingerprint density at radius 3 is 2.96 bits per heavy atom. The maximum atomic E-state index is 12.3. The van der Waals surface area contributed by atoms with Crippen LogP contribution >= 0.6 is 11.3 Å². The van der Waals surface area contributed by atoms with Crippen molar-refractivity contribution in [2.24, 2.45) is 0 Å². The number of benzene rings is 1. The third-order valence-electron chi connectivity index (χ3n) is 4.41. The number of fused-ring (bicyclic) bond motifs is 1. The van der Waals surface area contributed by atoms with E-state index in [1.807, 2.05) is 29.6 Å². The molecule has 2 aromatic heterocycles. The van der Waals surface area contributed by atoms with Crippen LogP contribution in [-0.2, 0) is 17.8 Å². The number of rotatable bonds is 5. The molecule has 130 valence electrons. The van der Waals surface area contributed by atoms with Gasteiger partial charge in [0.2, 0.25) is 5.91 Å². The third-order valence-corrected chi connectivity index (χ3v) is 5.22. The van der Waals surface area contributed by atoms with Crippen molar-refractivity contribution in [3.63, 3.8) is 0 Å². The van der Waals surface area contributed by atoms with Crippen LogP contribution in [-0.4, -0.2) is 34.0 Å². The molecule has 1 N–H and O–H groups in total. The number of nitrogens with one attached hydrogen (secondary N) is 1. The molecule has 3 heterocycles. The zero-order valence-electron chi connectivity index (χ0n) is 13.9. The molecular formula is C18H20N4O2S. The van der Waals surface area contributed by atoms with Crippen LogP contribution in [0.3, 0.4) is 0 Å². The molecule has 4 rings (SSSR count). The van der Waals surface area contributed by atoms with E-state index < -0.39 is 0 Å². The summed E-state index contributed by atoms with van der Waals surface area (Å²) in [5.41, 5.74) is 2.37. The molecule has 3 aromatic rings. The van der Waals surface area contributed by atoms with Crippen LogP contribution in [0.25, 0.3) is 11.0 Å². The summed E-state index contributed by atoms with van der Waals surface area (Å²) in [6.45, 7) is 3.14. The predicted octanol–water partition coefficient (Wildman–Crippen LogP) is 3.45. The zero-order valence-corrected chi connectivity index (χ0v) is 14.7. The topological polar surface area (TPSA) is 71.3 Å². The normalized spacial score (nSPS) is 15.5. The number of nitrogens with zero attached hydrogens (tertiary/aromatic N) is 3. The number of carbonyl (C=O) groups excluding carboxylic acids is 1. The van der Waals surface area contributed by atoms with Gasteiger partial charge in [0.05, 0.1) is 12.1 Å². The number of anilines is 1. The van der Waals surface area contributed by atoms with Crippen LogP contribution in [0.4, 0.5) is 5.13 Å². The molecule has 1 aliphatic rings. The first-order valence-corrected chi connectivity index (χ1v) is 9.46. The van der Waals surface area contributed by atoms with Crippen molar-refractivity contribution >= 4 is 33.3 Å². The van der Waals surface area contributed by atoms with Crippen molar-refractivity contribution in [1.82, 2.24) is 15.0 Å². The van der Waals surface area contributed by atoms with Crippen molar-refractivity contribution in [2.45, 2.75) is 32.2 Å². The van der Waals surface area contributed by atoms with E-state index in [0.717, 1.165) is 30.7 Å². The number of piperidine rings is 1. The number of para-hydroxylation sites is 1. The fraction of sp³-hybridized carbons (Fsp3) is 0.389. The zero-order chi connectivity index (χ0) is 17.1. The first kappa shape index (κ1) is 16.2. The lowest BCUT2D eigenvalue weighted by atomic mass is 10.1. The highest BCUT2D eigenvalue weighted by atomic mass is 32.1. The lowest BCUT2D eigenvalue weighted by molar-refractivity contribution is -0.115. The minimum absolute atomic E-state index is 0.127. The van der Waals surface area contributed by atoms with Crippen LogP contribution in [0.2, 0.25) is 0 Å². The summed E-state index contributed by atoms with van der Waals surface area (Å²) >= 11 is 1.47. The van der Waals surface area contributed by atoms with Gasteiger partial charge in [-0.2, -0.15) is 0 Å². The van der Waals surface area contributed by atoms with E-state index in [-0.39, 0.29) is 12.3 Å². The van der Waals surface area contributed by atoms with Gasteiger partial charge in [-0.15, -0.1) is 11.3 Å². The maximum Gasteiger partial charge on any atom is 0.232 e. The number of hydrogen-bond acceptors (Lipinski definition) is 6. The Balaban J connectivity index is 1.36. The summed E-state index contributed by atoms with van der Waals surface area (Å²) in [5, 5.41) is 10.4. The second-order valence-electron chi connectivity index (χ2n) is 6.33. The van der Waals surface area contributed by atoms with E-state index in [0.29, 0.717) is 16.4 Å². The SMILES string of the molecule is O=C(Cc1noc2ccccc12)Nc1nc(CN2CCCCC2)cs1. The van der Waals surface area contributed by atoms with E-state index in [1.54, 1.807) is 0 Å². The fourth-order valence-electron chi connectivity index (χ4n) is 3.16. The van der Waals surface area contributed by atoms with Crippen molar-refractivity contribution in [2.75, 3.05) is 18.4 Å². The molecule has 1 fully saturated rings. The average molecular weight is 356 g/mol. The molecule has 0 aliphatic carbocycles. The van der Waals surface area contributed by atoms with E-state index in [4.69, 9.17) is 4.52 Å². The standard InChI is InChI=1S/C18H20N4O2S/c23-17(10-15-14-6-2-3-7-16(14)24-21-15)20-18-19-13(12-25-18)11-22-8-4-1-5-9-22/h2-3,6-7,12H,1,4-5,8-11H2,(H,19,20,23). The maximum absolute atomic E-state index is 12.3. The average Bonchev–Trinajstić information content (AvgIpc) is 3.23. The summed E-state index contributed by atoms with van der Waals surface area (Å²) in [7, 11) is 0. The lowest BCUT2D eigenvalue weighted by Gasteiger charge is -2.25. The van der Waals surface area contributed by atoms with Gasteiger partial charge in [-0.3, -0.25) is 9.69 Å². The Bertz CT molecular complexity index is 867. The van der Waals surface area contributed by atoms with Gasteiger partial charge < -0.3 is 9.84 Å². The van der Waals surface area contributed by atoms with Crippen LogP contribution in [0.15, 0.2) is 34.2 Å². The van der Waals surface area contributed by atoms with Crippen molar-refractivity contribution in [1.29, 1.82) is 0 Å². The summed E-state index contributed by atoms with van der Waals surface area (Å²) < 4.78 is 5.24. The van der Waals surface area contributed by atoms with Crippen LogP contribution < -0.4 is 5.32 Å². The van der Waals surface area contributed by atoms with E-state index >= 15 is 0 Å². The lowest BCUT2D eigenvalue weighted by Crippen LogP contribution is -2.29. The largest absolute Gasteiger partial charge is 0.356 e. The first-order valence-electron chi connectivity index (χ1n) is 8.58. The van der Waals surface area contributed by atoms with E-state index in [1.165, 1.54) is 30.6 Å².